The van der Waals surface area contributed by atoms with E-state index in [1.807, 2.05) is 13.8 Å². The van der Waals surface area contributed by atoms with Crippen LogP contribution in [-0.2, 0) is 11.3 Å². The second-order valence-corrected chi connectivity index (χ2v) is 6.10. The van der Waals surface area contributed by atoms with Crippen LogP contribution >= 0.6 is 11.6 Å². The first-order chi connectivity index (χ1) is 12.8. The van der Waals surface area contributed by atoms with Crippen LogP contribution in [0, 0.1) is 10.1 Å². The highest BCUT2D eigenvalue weighted by atomic mass is 35.5. The third-order valence-electron chi connectivity index (χ3n) is 3.93. The van der Waals surface area contributed by atoms with Crippen LogP contribution in [-0.4, -0.2) is 44.5 Å². The molecular formula is C17H20ClN5O4. The molecule has 0 fully saturated rings. The maximum atomic E-state index is 12.4. The molecule has 0 aliphatic carbocycles. The van der Waals surface area contributed by atoms with E-state index >= 15 is 0 Å². The molecule has 10 heteroatoms. The molecule has 0 saturated heterocycles. The fraction of sp³-hybridized carbons (Fsp3) is 0.353. The van der Waals surface area contributed by atoms with E-state index in [1.54, 1.807) is 17.0 Å². The Morgan fingerprint density at radius 3 is 2.59 bits per heavy atom. The molecule has 0 radical (unpaired) electrons. The van der Waals surface area contributed by atoms with E-state index < -0.39 is 4.92 Å². The minimum absolute atomic E-state index is 0.0799. The lowest BCUT2D eigenvalue weighted by atomic mass is 10.1. The molecule has 27 heavy (non-hydrogen) atoms. The van der Waals surface area contributed by atoms with Gasteiger partial charge in [-0.15, -0.1) is 0 Å². The highest BCUT2D eigenvalue weighted by Gasteiger charge is 2.16. The quantitative estimate of drug-likeness (QED) is 0.547. The van der Waals surface area contributed by atoms with Crippen LogP contribution in [0.4, 0.5) is 11.4 Å². The van der Waals surface area contributed by atoms with Crippen molar-refractivity contribution in [2.45, 2.75) is 26.8 Å². The van der Waals surface area contributed by atoms with Crippen LogP contribution in [0.2, 0.25) is 5.02 Å². The van der Waals surface area contributed by atoms with Crippen LogP contribution in [0.5, 0.6) is 0 Å². The summed E-state index contributed by atoms with van der Waals surface area (Å²) in [6.07, 6.45) is 2.47. The van der Waals surface area contributed by atoms with Gasteiger partial charge in [-0.25, -0.2) is 0 Å². The van der Waals surface area contributed by atoms with Gasteiger partial charge in [0, 0.05) is 31.7 Å². The average molecular weight is 394 g/mol. The van der Waals surface area contributed by atoms with Gasteiger partial charge in [0.25, 0.3) is 5.91 Å². The number of hydrogen-bond donors (Lipinski definition) is 1. The summed E-state index contributed by atoms with van der Waals surface area (Å²) >= 11 is 6.19. The minimum Gasteiger partial charge on any atom is -0.339 e. The highest BCUT2D eigenvalue weighted by molar-refractivity contribution is 6.34. The zero-order valence-corrected chi connectivity index (χ0v) is 15.8. The molecule has 1 aromatic carbocycles. The number of aromatic nitrogens is 2. The first-order valence-electron chi connectivity index (χ1n) is 8.41. The molecule has 0 bridgehead atoms. The van der Waals surface area contributed by atoms with Gasteiger partial charge in [-0.1, -0.05) is 11.6 Å². The van der Waals surface area contributed by atoms with Gasteiger partial charge in [0.2, 0.25) is 5.91 Å². The molecule has 1 aromatic heterocycles. The number of amides is 2. The summed E-state index contributed by atoms with van der Waals surface area (Å²) in [7, 11) is 0. The summed E-state index contributed by atoms with van der Waals surface area (Å²) in [6.45, 7) is 5.13. The van der Waals surface area contributed by atoms with E-state index in [-0.39, 0.29) is 35.5 Å². The van der Waals surface area contributed by atoms with Crippen molar-refractivity contribution in [1.82, 2.24) is 14.7 Å². The number of carbonyl (C=O) groups excluding carboxylic acids is 2. The monoisotopic (exact) mass is 393 g/mol. The Balaban J connectivity index is 1.96. The van der Waals surface area contributed by atoms with Gasteiger partial charge in [-0.2, -0.15) is 5.10 Å². The molecule has 1 N–H and O–H groups in total. The second-order valence-electron chi connectivity index (χ2n) is 5.69. The lowest BCUT2D eigenvalue weighted by Crippen LogP contribution is -2.30. The summed E-state index contributed by atoms with van der Waals surface area (Å²) in [5, 5.41) is 17.4. The smallest absolute Gasteiger partial charge is 0.306 e. The van der Waals surface area contributed by atoms with E-state index in [4.69, 9.17) is 11.6 Å². The molecule has 1 heterocycles. The molecule has 2 amide bonds. The molecule has 0 unspecified atom stereocenters. The summed E-state index contributed by atoms with van der Waals surface area (Å²) in [5.41, 5.74) is 0.713. The van der Waals surface area contributed by atoms with Gasteiger partial charge in [0.1, 0.15) is 12.4 Å². The van der Waals surface area contributed by atoms with E-state index in [0.29, 0.717) is 24.3 Å². The van der Waals surface area contributed by atoms with Crippen molar-refractivity contribution in [3.8, 4) is 0 Å². The summed E-state index contributed by atoms with van der Waals surface area (Å²) in [6, 6.07) is 4.71. The van der Waals surface area contributed by atoms with E-state index in [2.05, 4.69) is 10.4 Å². The van der Waals surface area contributed by atoms with Crippen molar-refractivity contribution in [3.63, 3.8) is 0 Å². The Morgan fingerprint density at radius 1 is 1.33 bits per heavy atom. The molecule has 2 aromatic rings. The predicted octanol–water partition coefficient (Wildman–Crippen LogP) is 2.96. The molecule has 0 atom stereocenters. The largest absolute Gasteiger partial charge is 0.339 e. The third-order valence-corrected chi connectivity index (χ3v) is 4.25. The lowest BCUT2D eigenvalue weighted by molar-refractivity contribution is -0.385. The van der Waals surface area contributed by atoms with Gasteiger partial charge in [-0.05, 0) is 32.0 Å². The zero-order valence-electron chi connectivity index (χ0n) is 15.0. The number of anilines is 1. The fourth-order valence-electron chi connectivity index (χ4n) is 2.46. The van der Waals surface area contributed by atoms with Crippen molar-refractivity contribution < 1.29 is 14.5 Å². The number of carbonyl (C=O) groups is 2. The third kappa shape index (κ3) is 5.27. The second kappa shape index (κ2) is 9.13. The number of halogens is 1. The lowest BCUT2D eigenvalue weighted by Gasteiger charge is -2.19. The SMILES string of the molecule is CCN(CC)C(=O)c1ccc(NC(=O)CCn2cc([N+](=O)[O-])cn2)cc1Cl. The summed E-state index contributed by atoms with van der Waals surface area (Å²) in [4.78, 5) is 36.1. The van der Waals surface area contributed by atoms with Gasteiger partial charge in [0.05, 0.1) is 15.5 Å². The van der Waals surface area contributed by atoms with Gasteiger partial charge < -0.3 is 10.2 Å². The number of rotatable bonds is 8. The topological polar surface area (TPSA) is 110 Å². The standard InChI is InChI=1S/C17H20ClN5O4/c1-3-21(4-2)17(25)14-6-5-12(9-15(14)18)20-16(24)7-8-22-11-13(10-19-22)23(26)27/h5-6,9-11H,3-4,7-8H2,1-2H3,(H,20,24). The fourth-order valence-corrected chi connectivity index (χ4v) is 2.72. The molecule has 144 valence electrons. The van der Waals surface area contributed by atoms with Crippen LogP contribution < -0.4 is 5.32 Å². The van der Waals surface area contributed by atoms with Crippen molar-refractivity contribution >= 4 is 34.8 Å². The number of aryl methyl sites for hydroxylation is 1. The number of nitrogens with zero attached hydrogens (tertiary/aromatic N) is 4. The van der Waals surface area contributed by atoms with Crippen LogP contribution in [0.15, 0.2) is 30.6 Å². The van der Waals surface area contributed by atoms with E-state index in [0.717, 1.165) is 6.20 Å². The normalized spacial score (nSPS) is 10.5. The molecule has 9 nitrogen and oxygen atoms in total. The predicted molar refractivity (Wildman–Crippen MR) is 101 cm³/mol. The Kier molecular flexibility index (Phi) is 6.89. The Labute approximate surface area is 161 Å². The van der Waals surface area contributed by atoms with E-state index in [9.17, 15) is 19.7 Å². The van der Waals surface area contributed by atoms with Crippen molar-refractivity contribution in [1.29, 1.82) is 0 Å². The molecule has 0 spiro atoms. The minimum atomic E-state index is -0.549. The number of benzene rings is 1. The maximum absolute atomic E-state index is 12.4. The Bertz CT molecular complexity index is 848. The summed E-state index contributed by atoms with van der Waals surface area (Å²) < 4.78 is 1.33. The zero-order chi connectivity index (χ0) is 20.0. The van der Waals surface area contributed by atoms with Crippen LogP contribution in [0.1, 0.15) is 30.6 Å². The number of hydrogen-bond acceptors (Lipinski definition) is 5. The summed E-state index contributed by atoms with van der Waals surface area (Å²) in [5.74, 6) is -0.463. The molecular weight excluding hydrogens is 374 g/mol. The first kappa shape index (κ1) is 20.4. The van der Waals surface area contributed by atoms with Crippen LogP contribution in [0.25, 0.3) is 0 Å². The van der Waals surface area contributed by atoms with Crippen LogP contribution in [0.3, 0.4) is 0 Å². The van der Waals surface area contributed by atoms with Crippen molar-refractivity contribution in [2.24, 2.45) is 0 Å². The van der Waals surface area contributed by atoms with Gasteiger partial charge in [-0.3, -0.25) is 24.4 Å². The number of nitro groups is 1. The Morgan fingerprint density at radius 2 is 2.04 bits per heavy atom. The molecule has 0 saturated carbocycles. The Hall–Kier alpha value is -2.94. The maximum Gasteiger partial charge on any atom is 0.306 e. The molecule has 2 rings (SSSR count). The average Bonchev–Trinajstić information content (AvgIpc) is 3.10. The van der Waals surface area contributed by atoms with Crippen molar-refractivity contribution in [3.05, 3.63) is 51.3 Å². The van der Waals surface area contributed by atoms with Gasteiger partial charge >= 0.3 is 5.69 Å². The molecule has 0 aliphatic heterocycles. The number of nitrogens with one attached hydrogen (secondary N) is 1. The highest BCUT2D eigenvalue weighted by Crippen LogP contribution is 2.22. The van der Waals surface area contributed by atoms with Gasteiger partial charge in [0.15, 0.2) is 0 Å². The van der Waals surface area contributed by atoms with Crippen molar-refractivity contribution in [2.75, 3.05) is 18.4 Å². The van der Waals surface area contributed by atoms with E-state index in [1.165, 1.54) is 16.9 Å². The first-order valence-corrected chi connectivity index (χ1v) is 8.79. The molecule has 0 aliphatic rings.